The van der Waals surface area contributed by atoms with Crippen molar-refractivity contribution in [3.63, 3.8) is 0 Å². The van der Waals surface area contributed by atoms with Gasteiger partial charge in [-0.3, -0.25) is 24.5 Å². The quantitative estimate of drug-likeness (QED) is 0.106. The first-order valence-electron chi connectivity index (χ1n) is 12.8. The summed E-state index contributed by atoms with van der Waals surface area (Å²) in [5, 5.41) is 12.9. The second kappa shape index (κ2) is 10.3. The summed E-state index contributed by atoms with van der Waals surface area (Å²) >= 11 is 0. The Morgan fingerprint density at radius 1 is 0.854 bits per heavy atom. The van der Waals surface area contributed by atoms with Crippen molar-refractivity contribution in [2.24, 2.45) is 5.92 Å². The number of carbonyl (C=O) groups is 3. The average molecular weight is 550 g/mol. The molecule has 0 saturated carbocycles. The van der Waals surface area contributed by atoms with Crippen LogP contribution in [0.5, 0.6) is 5.75 Å². The molecule has 10 heteroatoms. The Bertz CT molecular complexity index is 1670. The van der Waals surface area contributed by atoms with Crippen molar-refractivity contribution in [1.82, 2.24) is 0 Å². The fraction of sp³-hybridized carbons (Fsp3) is 0.129. The van der Waals surface area contributed by atoms with Crippen LogP contribution in [-0.2, 0) is 14.4 Å². The maximum atomic E-state index is 13.8. The Morgan fingerprint density at radius 2 is 1.56 bits per heavy atom. The second-order valence-corrected chi connectivity index (χ2v) is 9.77. The molecule has 2 aliphatic rings. The normalized spacial score (nSPS) is 19.8. The molecule has 3 atom stereocenters. The Balaban J connectivity index is 1.36. The molecule has 2 aliphatic heterocycles. The van der Waals surface area contributed by atoms with Crippen LogP contribution in [0.2, 0.25) is 0 Å². The van der Waals surface area contributed by atoms with Crippen LogP contribution >= 0.6 is 0 Å². The van der Waals surface area contributed by atoms with Gasteiger partial charge in [-0.25, -0.2) is 14.8 Å². The number of fused-ring (bicyclic) bond motifs is 1. The van der Waals surface area contributed by atoms with E-state index in [4.69, 9.17) is 9.57 Å². The molecule has 0 radical (unpaired) electrons. The maximum absolute atomic E-state index is 13.8. The lowest BCUT2D eigenvalue weighted by atomic mass is 9.90. The summed E-state index contributed by atoms with van der Waals surface area (Å²) in [5.41, 5.74) is 2.48. The highest BCUT2D eigenvalue weighted by Gasteiger charge is 2.60. The molecule has 2 heterocycles. The zero-order valence-corrected chi connectivity index (χ0v) is 21.7. The number of hydrogen-bond donors (Lipinski definition) is 0. The lowest BCUT2D eigenvalue weighted by Crippen LogP contribution is -2.37. The fourth-order valence-corrected chi connectivity index (χ4v) is 5.22. The van der Waals surface area contributed by atoms with Crippen LogP contribution in [0.4, 0.5) is 17.1 Å². The molecule has 6 rings (SSSR count). The number of benzene rings is 4. The lowest BCUT2D eigenvalue weighted by molar-refractivity contribution is -0.384. The number of carbonyl (C=O) groups excluding carboxylic acids is 3. The smallest absolute Gasteiger partial charge is 0.343 e. The van der Waals surface area contributed by atoms with Gasteiger partial charge in [0.2, 0.25) is 5.91 Å². The van der Waals surface area contributed by atoms with E-state index in [0.717, 1.165) is 10.5 Å². The van der Waals surface area contributed by atoms with Gasteiger partial charge in [0.1, 0.15) is 11.7 Å². The van der Waals surface area contributed by atoms with Crippen molar-refractivity contribution >= 4 is 34.8 Å². The highest BCUT2D eigenvalue weighted by molar-refractivity contribution is 6.24. The molecule has 0 aromatic heterocycles. The van der Waals surface area contributed by atoms with Crippen LogP contribution in [0.1, 0.15) is 27.5 Å². The van der Waals surface area contributed by atoms with E-state index in [1.54, 1.807) is 78.9 Å². The summed E-state index contributed by atoms with van der Waals surface area (Å²) in [6.45, 7) is 1.87. The second-order valence-electron chi connectivity index (χ2n) is 9.77. The summed E-state index contributed by atoms with van der Waals surface area (Å²) in [6, 6.07) is 27.2. The van der Waals surface area contributed by atoms with Crippen molar-refractivity contribution in [2.75, 3.05) is 9.96 Å². The minimum absolute atomic E-state index is 0.163. The van der Waals surface area contributed by atoms with Gasteiger partial charge in [-0.1, -0.05) is 48.5 Å². The molecule has 4 aromatic carbocycles. The molecule has 0 N–H and O–H groups in total. The van der Waals surface area contributed by atoms with E-state index in [1.165, 1.54) is 23.3 Å². The van der Waals surface area contributed by atoms with Gasteiger partial charge in [-0.05, 0) is 60.5 Å². The molecular weight excluding hydrogens is 526 g/mol. The highest BCUT2D eigenvalue weighted by atomic mass is 16.7. The fourth-order valence-electron chi connectivity index (χ4n) is 5.22. The van der Waals surface area contributed by atoms with E-state index in [1.807, 2.05) is 13.0 Å². The molecule has 0 spiro atoms. The number of esters is 1. The number of ether oxygens (including phenoxy) is 1. The highest BCUT2D eigenvalue weighted by Crippen LogP contribution is 2.48. The molecule has 2 fully saturated rings. The molecule has 4 aromatic rings. The minimum atomic E-state index is -1.14. The summed E-state index contributed by atoms with van der Waals surface area (Å²) in [6.07, 6.45) is -1.14. The summed E-state index contributed by atoms with van der Waals surface area (Å²) < 4.78 is 5.49. The van der Waals surface area contributed by atoms with Gasteiger partial charge in [0.05, 0.1) is 27.9 Å². The molecule has 2 saturated heterocycles. The first-order chi connectivity index (χ1) is 19.8. The minimum Gasteiger partial charge on any atom is -0.423 e. The average Bonchev–Trinajstić information content (AvgIpc) is 3.49. The van der Waals surface area contributed by atoms with Gasteiger partial charge in [0.15, 0.2) is 6.10 Å². The van der Waals surface area contributed by atoms with Gasteiger partial charge in [-0.15, -0.1) is 0 Å². The van der Waals surface area contributed by atoms with Crippen molar-refractivity contribution in [3.05, 3.63) is 130 Å². The van der Waals surface area contributed by atoms with Crippen LogP contribution in [0, 0.1) is 23.0 Å². The van der Waals surface area contributed by atoms with Crippen molar-refractivity contribution in [3.8, 4) is 5.75 Å². The number of imide groups is 1. The van der Waals surface area contributed by atoms with E-state index in [-0.39, 0.29) is 11.4 Å². The van der Waals surface area contributed by atoms with E-state index < -0.39 is 40.8 Å². The van der Waals surface area contributed by atoms with Crippen LogP contribution in [-0.4, -0.2) is 28.8 Å². The Hall–Kier alpha value is -5.35. The number of non-ortho nitro benzene ring substituents is 1. The summed E-state index contributed by atoms with van der Waals surface area (Å²) in [5.74, 6) is -2.12. The van der Waals surface area contributed by atoms with E-state index in [9.17, 15) is 24.5 Å². The van der Waals surface area contributed by atoms with Crippen LogP contribution < -0.4 is 14.7 Å². The van der Waals surface area contributed by atoms with E-state index >= 15 is 0 Å². The Kier molecular flexibility index (Phi) is 6.52. The molecule has 0 aliphatic carbocycles. The number of aryl methyl sites for hydroxylation is 1. The predicted octanol–water partition coefficient (Wildman–Crippen LogP) is 5.17. The topological polar surface area (TPSA) is 119 Å². The third kappa shape index (κ3) is 4.70. The van der Waals surface area contributed by atoms with Crippen LogP contribution in [0.3, 0.4) is 0 Å². The third-order valence-corrected chi connectivity index (χ3v) is 7.11. The number of anilines is 2. The summed E-state index contributed by atoms with van der Waals surface area (Å²) in [4.78, 5) is 58.1. The number of hydroxylamine groups is 1. The zero-order valence-electron chi connectivity index (χ0n) is 21.7. The number of rotatable bonds is 6. The van der Waals surface area contributed by atoms with Gasteiger partial charge in [-0.2, -0.15) is 0 Å². The zero-order chi connectivity index (χ0) is 28.7. The van der Waals surface area contributed by atoms with Crippen LogP contribution in [0.15, 0.2) is 103 Å². The molecule has 0 unspecified atom stereocenters. The van der Waals surface area contributed by atoms with E-state index in [0.29, 0.717) is 22.5 Å². The number of nitrogens with zero attached hydrogens (tertiary/aromatic N) is 3. The van der Waals surface area contributed by atoms with Crippen molar-refractivity contribution < 1.29 is 28.9 Å². The first kappa shape index (κ1) is 25.9. The number of amides is 2. The third-order valence-electron chi connectivity index (χ3n) is 7.11. The lowest BCUT2D eigenvalue weighted by Gasteiger charge is -2.28. The number of hydrogen-bond acceptors (Lipinski definition) is 8. The standard InChI is InChI=1S/C31H23N3O7/c1-19-7-5-10-22(17-19)32-29(35)26-27(20-13-15-25(16-14-20)40-31(37)21-8-3-2-4-9-21)33(41-28(26)30(32)36)23-11-6-12-24(18-23)34(38)39/h2-18,26-28H,1H3/t26-,27-,28+/m1/s1. The molecule has 204 valence electrons. The largest absolute Gasteiger partial charge is 0.423 e. The summed E-state index contributed by atoms with van der Waals surface area (Å²) in [7, 11) is 0. The van der Waals surface area contributed by atoms with Crippen molar-refractivity contribution in [1.29, 1.82) is 0 Å². The Labute approximate surface area is 234 Å². The van der Waals surface area contributed by atoms with Crippen LogP contribution in [0.25, 0.3) is 0 Å². The monoisotopic (exact) mass is 549 g/mol. The molecule has 10 nitrogen and oxygen atoms in total. The molecule has 0 bridgehead atoms. The van der Waals surface area contributed by atoms with Gasteiger partial charge in [0, 0.05) is 12.1 Å². The maximum Gasteiger partial charge on any atom is 0.343 e. The predicted molar refractivity (Wildman–Crippen MR) is 148 cm³/mol. The van der Waals surface area contributed by atoms with E-state index in [2.05, 4.69) is 0 Å². The SMILES string of the molecule is Cc1cccc(N2C(=O)[C@H]3[C@H](ON(c4cccc([N+](=O)[O-])c4)[C@@H]3c3ccc(OC(=O)c4ccccc4)cc3)C2=O)c1. The number of nitro groups is 1. The van der Waals surface area contributed by atoms with Gasteiger partial charge in [0.25, 0.3) is 11.6 Å². The van der Waals surface area contributed by atoms with Gasteiger partial charge >= 0.3 is 5.97 Å². The van der Waals surface area contributed by atoms with Gasteiger partial charge < -0.3 is 4.74 Å². The molecule has 41 heavy (non-hydrogen) atoms. The molecule has 2 amide bonds. The first-order valence-corrected chi connectivity index (χ1v) is 12.8. The molecular formula is C31H23N3O7. The number of nitro benzene ring substituents is 1. The van der Waals surface area contributed by atoms with Crippen molar-refractivity contribution in [2.45, 2.75) is 19.1 Å². The Morgan fingerprint density at radius 3 is 2.27 bits per heavy atom.